The lowest BCUT2D eigenvalue weighted by Gasteiger charge is -2.11. The normalized spacial score (nSPS) is 11.0. The summed E-state index contributed by atoms with van der Waals surface area (Å²) in [4.78, 5) is 6.45. The minimum atomic E-state index is 0.569. The van der Waals surface area contributed by atoms with Crippen molar-refractivity contribution in [2.45, 2.75) is 6.42 Å². The summed E-state index contributed by atoms with van der Waals surface area (Å²) in [5.41, 5.74) is 1.78. The third-order valence-electron chi connectivity index (χ3n) is 3.30. The van der Waals surface area contributed by atoms with Crippen molar-refractivity contribution in [2.75, 3.05) is 27.9 Å². The molecule has 0 aliphatic carbocycles. The molecule has 0 amide bonds. The average molecular weight is 364 g/mol. The second kappa shape index (κ2) is 9.24. The first-order valence-electron chi connectivity index (χ1n) is 7.33. The van der Waals surface area contributed by atoms with Gasteiger partial charge in [-0.3, -0.25) is 0 Å². The number of thiophene rings is 1. The van der Waals surface area contributed by atoms with Crippen LogP contribution in [0.2, 0.25) is 0 Å². The van der Waals surface area contributed by atoms with Crippen LogP contribution >= 0.6 is 23.6 Å². The van der Waals surface area contributed by atoms with E-state index < -0.39 is 0 Å². The molecule has 1 aromatic carbocycles. The molecular formula is C17H20N2O3S2. The summed E-state index contributed by atoms with van der Waals surface area (Å²) in [6.45, 7) is 0.683. The Morgan fingerprint density at radius 3 is 2.58 bits per heavy atom. The van der Waals surface area contributed by atoms with E-state index in [9.17, 15) is 0 Å². The number of benzene rings is 1. The van der Waals surface area contributed by atoms with Gasteiger partial charge in [-0.15, -0.1) is 11.3 Å². The van der Waals surface area contributed by atoms with Gasteiger partial charge in [-0.05, 0) is 35.6 Å². The van der Waals surface area contributed by atoms with Gasteiger partial charge in [-0.2, -0.15) is 0 Å². The third-order valence-corrected chi connectivity index (χ3v) is 4.51. The summed E-state index contributed by atoms with van der Waals surface area (Å²) in [7, 11) is 4.77. The van der Waals surface area contributed by atoms with E-state index in [0.29, 0.717) is 17.2 Å². The standard InChI is InChI=1S/C17H20N2O3S2/c1-20-13-7-6-12(11-14(13)21-2)8-9-18-17(23)16(19-22-3)15-5-4-10-24-15/h4-7,10-11H,8-9H2,1-3H3,(H,18,23)/b19-16-. The smallest absolute Gasteiger partial charge is 0.160 e. The van der Waals surface area contributed by atoms with Crippen molar-refractivity contribution in [1.29, 1.82) is 0 Å². The van der Waals surface area contributed by atoms with Gasteiger partial charge in [0.25, 0.3) is 0 Å². The van der Waals surface area contributed by atoms with E-state index in [-0.39, 0.29) is 0 Å². The molecule has 0 unspecified atom stereocenters. The topological polar surface area (TPSA) is 52.1 Å². The van der Waals surface area contributed by atoms with E-state index in [1.165, 1.54) is 7.11 Å². The van der Waals surface area contributed by atoms with Crippen LogP contribution < -0.4 is 14.8 Å². The Bertz CT molecular complexity index is 700. The predicted molar refractivity (Wildman–Crippen MR) is 102 cm³/mol. The van der Waals surface area contributed by atoms with Gasteiger partial charge < -0.3 is 19.6 Å². The zero-order valence-electron chi connectivity index (χ0n) is 13.9. The van der Waals surface area contributed by atoms with Gasteiger partial charge >= 0.3 is 0 Å². The molecule has 0 spiro atoms. The van der Waals surface area contributed by atoms with E-state index in [2.05, 4.69) is 10.5 Å². The van der Waals surface area contributed by atoms with E-state index in [1.54, 1.807) is 25.6 Å². The quantitative estimate of drug-likeness (QED) is 0.443. The number of hydrogen-bond acceptors (Lipinski definition) is 6. The Balaban J connectivity index is 1.96. The lowest BCUT2D eigenvalue weighted by Crippen LogP contribution is -2.31. The van der Waals surface area contributed by atoms with E-state index in [4.69, 9.17) is 26.5 Å². The molecule has 1 heterocycles. The van der Waals surface area contributed by atoms with Crippen molar-refractivity contribution in [3.05, 3.63) is 46.2 Å². The molecule has 128 valence electrons. The van der Waals surface area contributed by atoms with Gasteiger partial charge in [0.15, 0.2) is 17.2 Å². The Morgan fingerprint density at radius 1 is 1.17 bits per heavy atom. The molecule has 24 heavy (non-hydrogen) atoms. The predicted octanol–water partition coefficient (Wildman–Crippen LogP) is 3.28. The minimum absolute atomic E-state index is 0.569. The van der Waals surface area contributed by atoms with E-state index >= 15 is 0 Å². The Hall–Kier alpha value is -2.12. The number of hydrogen-bond donors (Lipinski definition) is 1. The first-order valence-corrected chi connectivity index (χ1v) is 8.62. The molecule has 2 aromatic rings. The lowest BCUT2D eigenvalue weighted by atomic mass is 10.1. The molecular weight excluding hydrogens is 344 g/mol. The maximum Gasteiger partial charge on any atom is 0.160 e. The fraction of sp³-hybridized carbons (Fsp3) is 0.294. The van der Waals surface area contributed by atoms with Gasteiger partial charge in [0.1, 0.15) is 12.1 Å². The van der Waals surface area contributed by atoms with Crippen LogP contribution in [0.15, 0.2) is 40.9 Å². The molecule has 1 N–H and O–H groups in total. The molecule has 0 radical (unpaired) electrons. The maximum absolute atomic E-state index is 5.43. The highest BCUT2D eigenvalue weighted by molar-refractivity contribution is 7.82. The summed E-state index contributed by atoms with van der Waals surface area (Å²) >= 11 is 7.00. The van der Waals surface area contributed by atoms with Crippen molar-refractivity contribution in [2.24, 2.45) is 5.16 Å². The molecule has 0 bridgehead atoms. The van der Waals surface area contributed by atoms with Crippen molar-refractivity contribution < 1.29 is 14.3 Å². The summed E-state index contributed by atoms with van der Waals surface area (Å²) < 4.78 is 10.6. The molecule has 5 nitrogen and oxygen atoms in total. The minimum Gasteiger partial charge on any atom is -0.493 e. The summed E-state index contributed by atoms with van der Waals surface area (Å²) in [5.74, 6) is 1.44. The van der Waals surface area contributed by atoms with Crippen LogP contribution in [-0.4, -0.2) is 38.6 Å². The van der Waals surface area contributed by atoms with Gasteiger partial charge in [-0.25, -0.2) is 0 Å². The second-order valence-electron chi connectivity index (χ2n) is 4.80. The van der Waals surface area contributed by atoms with Crippen LogP contribution in [0.4, 0.5) is 0 Å². The molecule has 0 aliphatic heterocycles. The molecule has 0 saturated heterocycles. The first kappa shape index (κ1) is 18.2. The third kappa shape index (κ3) is 4.69. The van der Waals surface area contributed by atoms with Crippen molar-refractivity contribution in [3.63, 3.8) is 0 Å². The number of oxime groups is 1. The maximum atomic E-state index is 5.43. The van der Waals surface area contributed by atoms with Crippen molar-refractivity contribution in [1.82, 2.24) is 5.32 Å². The molecule has 0 aliphatic rings. The number of thiocarbonyl (C=S) groups is 1. The van der Waals surface area contributed by atoms with Gasteiger partial charge in [0.05, 0.1) is 19.1 Å². The molecule has 0 fully saturated rings. The number of ether oxygens (including phenoxy) is 2. The van der Waals surface area contributed by atoms with Crippen LogP contribution in [0.3, 0.4) is 0 Å². The largest absolute Gasteiger partial charge is 0.493 e. The lowest BCUT2D eigenvalue weighted by molar-refractivity contribution is 0.214. The average Bonchev–Trinajstić information content (AvgIpc) is 3.13. The SMILES string of the molecule is CO/N=C(\C(=S)NCCc1ccc(OC)c(OC)c1)c1cccs1. The van der Waals surface area contributed by atoms with Gasteiger partial charge in [0.2, 0.25) is 0 Å². The number of nitrogens with one attached hydrogen (secondary N) is 1. The Kier molecular flexibility index (Phi) is 7.02. The van der Waals surface area contributed by atoms with Crippen LogP contribution in [0.25, 0.3) is 0 Å². The van der Waals surface area contributed by atoms with Gasteiger partial charge in [-0.1, -0.05) is 29.5 Å². The molecule has 0 atom stereocenters. The Labute approximate surface area is 151 Å². The first-order chi connectivity index (χ1) is 11.7. The number of nitrogens with zero attached hydrogens (tertiary/aromatic N) is 1. The van der Waals surface area contributed by atoms with Crippen LogP contribution in [0.1, 0.15) is 10.4 Å². The zero-order chi connectivity index (χ0) is 17.4. The number of rotatable bonds is 8. The second-order valence-corrected chi connectivity index (χ2v) is 6.15. The fourth-order valence-corrected chi connectivity index (χ4v) is 3.17. The zero-order valence-corrected chi connectivity index (χ0v) is 15.5. The van der Waals surface area contributed by atoms with Crippen LogP contribution in [0, 0.1) is 0 Å². The van der Waals surface area contributed by atoms with Crippen molar-refractivity contribution >= 4 is 34.3 Å². The van der Waals surface area contributed by atoms with E-state index in [1.807, 2.05) is 35.7 Å². The monoisotopic (exact) mass is 364 g/mol. The summed E-state index contributed by atoms with van der Waals surface area (Å²) in [5, 5.41) is 9.23. The highest BCUT2D eigenvalue weighted by atomic mass is 32.1. The fourth-order valence-electron chi connectivity index (χ4n) is 2.14. The summed E-state index contributed by atoms with van der Waals surface area (Å²) in [6.07, 6.45) is 0.797. The number of methoxy groups -OCH3 is 2. The molecule has 0 saturated carbocycles. The van der Waals surface area contributed by atoms with Gasteiger partial charge in [0, 0.05) is 6.54 Å². The molecule has 7 heteroatoms. The van der Waals surface area contributed by atoms with E-state index in [0.717, 1.165) is 28.4 Å². The van der Waals surface area contributed by atoms with Crippen molar-refractivity contribution in [3.8, 4) is 11.5 Å². The highest BCUT2D eigenvalue weighted by Crippen LogP contribution is 2.27. The molecule has 1 aromatic heterocycles. The highest BCUT2D eigenvalue weighted by Gasteiger charge is 2.12. The van der Waals surface area contributed by atoms with Crippen LogP contribution in [-0.2, 0) is 11.3 Å². The molecule has 2 rings (SSSR count). The Morgan fingerprint density at radius 2 is 1.96 bits per heavy atom. The van der Waals surface area contributed by atoms with Crippen LogP contribution in [0.5, 0.6) is 11.5 Å². The summed E-state index contributed by atoms with van der Waals surface area (Å²) in [6, 6.07) is 9.79.